The Balaban J connectivity index is 1.36. The summed E-state index contributed by atoms with van der Waals surface area (Å²) in [5, 5.41) is 15.9. The number of piperidine rings is 1. The molecule has 174 valence electrons. The molecule has 1 unspecified atom stereocenters. The normalized spacial score (nSPS) is 22.4. The highest BCUT2D eigenvalue weighted by Crippen LogP contribution is 2.49. The van der Waals surface area contributed by atoms with Crippen molar-refractivity contribution in [1.82, 2.24) is 34.1 Å². The molecule has 3 aromatic heterocycles. The average molecular weight is 496 g/mol. The van der Waals surface area contributed by atoms with Gasteiger partial charge in [-0.2, -0.15) is 15.0 Å². The Kier molecular flexibility index (Phi) is 5.34. The van der Waals surface area contributed by atoms with Crippen LogP contribution in [0.1, 0.15) is 28.2 Å². The predicted octanol–water partition coefficient (Wildman–Crippen LogP) is 3.59. The topological polar surface area (TPSA) is 81.7 Å². The summed E-state index contributed by atoms with van der Waals surface area (Å²) in [6.07, 6.45) is 5.82. The van der Waals surface area contributed by atoms with Crippen LogP contribution in [0.5, 0.6) is 0 Å². The van der Waals surface area contributed by atoms with Gasteiger partial charge >= 0.3 is 0 Å². The molecule has 0 spiro atoms. The fourth-order valence-corrected chi connectivity index (χ4v) is 6.78. The van der Waals surface area contributed by atoms with E-state index in [9.17, 15) is 9.18 Å². The number of aryl methyl sites for hydroxylation is 1. The molecule has 1 fully saturated rings. The minimum Gasteiger partial charge on any atom is -0.292 e. The van der Waals surface area contributed by atoms with Crippen LogP contribution in [0.2, 0.25) is 0 Å². The summed E-state index contributed by atoms with van der Waals surface area (Å²) in [4.78, 5) is 19.9. The minimum absolute atomic E-state index is 0.100. The lowest BCUT2D eigenvalue weighted by atomic mass is 9.60. The number of Topliss-reactive ketones (excluding diaryl/α,β-unsaturated/α-hetero) is 1. The average Bonchev–Trinajstić information content (AvgIpc) is 3.59. The fourth-order valence-electron chi connectivity index (χ4n) is 5.24. The molecule has 0 amide bonds. The van der Waals surface area contributed by atoms with Crippen molar-refractivity contribution >= 4 is 29.1 Å². The molecule has 0 saturated carbocycles. The van der Waals surface area contributed by atoms with Crippen LogP contribution < -0.4 is 0 Å². The van der Waals surface area contributed by atoms with Crippen molar-refractivity contribution in [2.75, 3.05) is 13.1 Å². The Bertz CT molecular complexity index is 1330. The van der Waals surface area contributed by atoms with Crippen LogP contribution in [-0.4, -0.2) is 52.9 Å². The van der Waals surface area contributed by atoms with Crippen LogP contribution in [0.25, 0.3) is 5.69 Å². The minimum atomic E-state index is -0.592. The summed E-state index contributed by atoms with van der Waals surface area (Å²) in [6.45, 7) is 1.45. The first kappa shape index (κ1) is 21.6. The molecule has 0 N–H and O–H groups in total. The number of benzene rings is 1. The van der Waals surface area contributed by atoms with Crippen LogP contribution in [-0.2, 0) is 19.9 Å². The van der Waals surface area contributed by atoms with Gasteiger partial charge in [-0.25, -0.2) is 18.4 Å². The lowest BCUT2D eigenvalue weighted by Crippen LogP contribution is -2.55. The number of carbonyl (C=O) groups is 1. The van der Waals surface area contributed by atoms with Gasteiger partial charge in [-0.1, -0.05) is 0 Å². The monoisotopic (exact) mass is 495 g/mol. The first-order valence-corrected chi connectivity index (χ1v) is 12.8. The highest BCUT2D eigenvalue weighted by atomic mass is 32.2. The SMILES string of the molecule is Cn1ncc(SN2CCC3Cc4c(cnn4-c4ccc(F)cc4)C[C@]3(C(=O)c3cscn3)C2)n1. The van der Waals surface area contributed by atoms with E-state index in [0.717, 1.165) is 41.4 Å². The van der Waals surface area contributed by atoms with Gasteiger partial charge in [0, 0.05) is 31.2 Å². The van der Waals surface area contributed by atoms with E-state index in [1.807, 2.05) is 16.3 Å². The maximum Gasteiger partial charge on any atom is 0.190 e. The maximum absolute atomic E-state index is 14.0. The number of rotatable bonds is 5. The Morgan fingerprint density at radius 2 is 2.09 bits per heavy atom. The molecule has 4 heterocycles. The first-order valence-electron chi connectivity index (χ1n) is 11.1. The van der Waals surface area contributed by atoms with Gasteiger partial charge in [0.1, 0.15) is 11.5 Å². The number of ketones is 1. The first-order chi connectivity index (χ1) is 16.5. The molecule has 0 radical (unpaired) electrons. The molecular formula is C23H22FN7OS2. The van der Waals surface area contributed by atoms with E-state index in [0.29, 0.717) is 18.7 Å². The van der Waals surface area contributed by atoms with Gasteiger partial charge in [0.25, 0.3) is 0 Å². The van der Waals surface area contributed by atoms with E-state index >= 15 is 0 Å². The van der Waals surface area contributed by atoms with Gasteiger partial charge < -0.3 is 0 Å². The predicted molar refractivity (Wildman–Crippen MR) is 126 cm³/mol. The second-order valence-corrected chi connectivity index (χ2v) is 10.7. The maximum atomic E-state index is 14.0. The summed E-state index contributed by atoms with van der Waals surface area (Å²) < 4.78 is 17.6. The molecule has 2 aliphatic rings. The van der Waals surface area contributed by atoms with Crippen LogP contribution in [0.4, 0.5) is 4.39 Å². The number of halogens is 1. The molecule has 1 aliphatic carbocycles. The van der Waals surface area contributed by atoms with Gasteiger partial charge in [-0.05, 0) is 67.0 Å². The zero-order valence-electron chi connectivity index (χ0n) is 18.5. The standard InChI is InChI=1S/C23H22FN7OS2/c1-29-26-11-21(28-29)34-30-7-6-16-8-20-15(10-27-31(20)18-4-2-17(24)3-5-18)9-23(16,13-30)22(32)19-12-33-14-25-19/h2-5,10-12,14,16H,6-9,13H2,1H3/t16?,23-/m0/s1. The quantitative estimate of drug-likeness (QED) is 0.309. The second-order valence-electron chi connectivity index (χ2n) is 8.86. The van der Waals surface area contributed by atoms with Crippen molar-refractivity contribution in [3.05, 3.63) is 70.3 Å². The number of hydrogen-bond donors (Lipinski definition) is 0. The summed E-state index contributed by atoms with van der Waals surface area (Å²) in [5.74, 6) is -0.0159. The Hall–Kier alpha value is -2.89. The number of aromatic nitrogens is 6. The zero-order valence-corrected chi connectivity index (χ0v) is 20.1. The van der Waals surface area contributed by atoms with Crippen molar-refractivity contribution in [3.8, 4) is 5.69 Å². The molecular weight excluding hydrogens is 473 g/mol. The van der Waals surface area contributed by atoms with E-state index in [4.69, 9.17) is 0 Å². The van der Waals surface area contributed by atoms with E-state index in [1.54, 1.807) is 47.6 Å². The van der Waals surface area contributed by atoms with Crippen molar-refractivity contribution < 1.29 is 9.18 Å². The van der Waals surface area contributed by atoms with E-state index < -0.39 is 5.41 Å². The third kappa shape index (κ3) is 3.68. The molecule has 6 rings (SSSR count). The highest BCUT2D eigenvalue weighted by Gasteiger charge is 2.53. The van der Waals surface area contributed by atoms with Crippen molar-refractivity contribution in [1.29, 1.82) is 0 Å². The molecule has 1 aliphatic heterocycles. The lowest BCUT2D eigenvalue weighted by Gasteiger charge is -2.48. The van der Waals surface area contributed by atoms with Crippen LogP contribution in [0.15, 0.2) is 52.6 Å². The van der Waals surface area contributed by atoms with Gasteiger partial charge in [0.05, 0.1) is 29.0 Å². The van der Waals surface area contributed by atoms with E-state index in [2.05, 4.69) is 24.6 Å². The third-order valence-electron chi connectivity index (χ3n) is 6.86. The van der Waals surface area contributed by atoms with E-state index in [1.165, 1.54) is 23.5 Å². The Morgan fingerprint density at radius 3 is 2.82 bits per heavy atom. The highest BCUT2D eigenvalue weighted by molar-refractivity contribution is 7.97. The molecule has 0 bridgehead atoms. The van der Waals surface area contributed by atoms with Crippen molar-refractivity contribution in [3.63, 3.8) is 0 Å². The van der Waals surface area contributed by atoms with Crippen molar-refractivity contribution in [2.24, 2.45) is 18.4 Å². The van der Waals surface area contributed by atoms with Gasteiger partial charge in [0.15, 0.2) is 10.8 Å². The molecule has 1 saturated heterocycles. The number of fused-ring (bicyclic) bond motifs is 2. The fraction of sp³-hybridized carbons (Fsp3) is 0.348. The van der Waals surface area contributed by atoms with Crippen molar-refractivity contribution in [2.45, 2.75) is 24.3 Å². The molecule has 1 aromatic carbocycles. The summed E-state index contributed by atoms with van der Waals surface area (Å²) in [6, 6.07) is 6.38. The Labute approximate surface area is 203 Å². The largest absolute Gasteiger partial charge is 0.292 e. The Morgan fingerprint density at radius 1 is 1.24 bits per heavy atom. The summed E-state index contributed by atoms with van der Waals surface area (Å²) in [5.41, 5.74) is 4.66. The molecule has 34 heavy (non-hydrogen) atoms. The number of nitrogens with zero attached hydrogens (tertiary/aromatic N) is 7. The smallest absolute Gasteiger partial charge is 0.190 e. The summed E-state index contributed by atoms with van der Waals surface area (Å²) >= 11 is 2.99. The number of hydrogen-bond acceptors (Lipinski definition) is 8. The van der Waals surface area contributed by atoms with Crippen LogP contribution in [0.3, 0.4) is 0 Å². The van der Waals surface area contributed by atoms with Gasteiger partial charge in [-0.3, -0.25) is 4.79 Å². The summed E-state index contributed by atoms with van der Waals surface area (Å²) in [7, 11) is 1.80. The molecule has 2 atom stereocenters. The van der Waals surface area contributed by atoms with E-state index in [-0.39, 0.29) is 17.5 Å². The second kappa shape index (κ2) is 8.40. The molecule has 8 nitrogen and oxygen atoms in total. The number of thiazole rings is 1. The van der Waals surface area contributed by atoms with Gasteiger partial charge in [0.2, 0.25) is 0 Å². The van der Waals surface area contributed by atoms with Crippen LogP contribution in [0, 0.1) is 17.2 Å². The number of carbonyl (C=O) groups excluding carboxylic acids is 1. The third-order valence-corrected chi connectivity index (χ3v) is 8.39. The van der Waals surface area contributed by atoms with Crippen LogP contribution >= 0.6 is 23.3 Å². The molecule has 4 aromatic rings. The lowest BCUT2D eigenvalue weighted by molar-refractivity contribution is 0.0412. The molecule has 11 heteroatoms. The zero-order chi connectivity index (χ0) is 23.3. The van der Waals surface area contributed by atoms with Gasteiger partial charge in [-0.15, -0.1) is 16.4 Å².